The molecule has 152 valence electrons. The van der Waals surface area contributed by atoms with Crippen molar-refractivity contribution >= 4 is 11.8 Å². The van der Waals surface area contributed by atoms with Crippen LogP contribution in [-0.4, -0.2) is 52.0 Å². The molecule has 1 fully saturated rings. The molecule has 0 spiro atoms. The zero-order valence-corrected chi connectivity index (χ0v) is 16.7. The SMILES string of the molecule is COc1ccc(C23Cc4cccnc4C(=O)N2CCN3C(=O)c2conc2C)cc1. The summed E-state index contributed by atoms with van der Waals surface area (Å²) < 4.78 is 10.3. The smallest absolute Gasteiger partial charge is 0.274 e. The summed E-state index contributed by atoms with van der Waals surface area (Å²) in [6.45, 7) is 2.54. The standard InChI is InChI=1S/C22H20N4O4/c1-14-18(13-30-24-14)20(27)25-10-11-26-21(28)19-15(4-3-9-23-19)12-22(25,26)16-5-7-17(29-2)8-6-16/h3-9,13H,10-12H2,1-2H3. The van der Waals surface area contributed by atoms with Crippen LogP contribution >= 0.6 is 0 Å². The summed E-state index contributed by atoms with van der Waals surface area (Å²) in [5, 5.41) is 3.85. The fourth-order valence-corrected chi connectivity index (χ4v) is 4.53. The van der Waals surface area contributed by atoms with Gasteiger partial charge in [0.25, 0.3) is 11.8 Å². The van der Waals surface area contributed by atoms with E-state index in [-0.39, 0.29) is 11.8 Å². The zero-order chi connectivity index (χ0) is 20.9. The maximum absolute atomic E-state index is 13.6. The topological polar surface area (TPSA) is 88.8 Å². The van der Waals surface area contributed by atoms with E-state index in [1.165, 1.54) is 6.26 Å². The Kier molecular flexibility index (Phi) is 4.09. The van der Waals surface area contributed by atoms with E-state index in [1.807, 2.05) is 36.4 Å². The number of hydrogen-bond donors (Lipinski definition) is 0. The number of ether oxygens (including phenoxy) is 1. The van der Waals surface area contributed by atoms with Gasteiger partial charge < -0.3 is 19.1 Å². The van der Waals surface area contributed by atoms with Crippen molar-refractivity contribution in [1.29, 1.82) is 0 Å². The Labute approximate surface area is 173 Å². The number of pyridine rings is 1. The van der Waals surface area contributed by atoms with Gasteiger partial charge in [0.2, 0.25) is 0 Å². The van der Waals surface area contributed by atoms with Crippen molar-refractivity contribution in [1.82, 2.24) is 19.9 Å². The predicted molar refractivity (Wildman–Crippen MR) is 106 cm³/mol. The molecule has 1 aromatic carbocycles. The van der Waals surface area contributed by atoms with Crippen molar-refractivity contribution in [2.45, 2.75) is 19.0 Å². The Morgan fingerprint density at radius 1 is 1.20 bits per heavy atom. The number of amides is 2. The van der Waals surface area contributed by atoms with Crippen LogP contribution in [0.4, 0.5) is 0 Å². The molecule has 2 aromatic heterocycles. The molecule has 0 saturated carbocycles. The summed E-state index contributed by atoms with van der Waals surface area (Å²) in [7, 11) is 1.60. The number of fused-ring (bicyclic) bond motifs is 2. The fourth-order valence-electron chi connectivity index (χ4n) is 4.53. The molecule has 8 heteroatoms. The van der Waals surface area contributed by atoms with Crippen molar-refractivity contribution < 1.29 is 18.8 Å². The maximum Gasteiger partial charge on any atom is 0.274 e. The van der Waals surface area contributed by atoms with Gasteiger partial charge in [0.05, 0.1) is 12.8 Å². The van der Waals surface area contributed by atoms with Gasteiger partial charge in [-0.1, -0.05) is 23.4 Å². The molecule has 0 aliphatic carbocycles. The van der Waals surface area contributed by atoms with Crippen LogP contribution in [0.5, 0.6) is 5.75 Å². The quantitative estimate of drug-likeness (QED) is 0.666. The van der Waals surface area contributed by atoms with E-state index in [0.717, 1.165) is 11.1 Å². The van der Waals surface area contributed by atoms with E-state index in [1.54, 1.807) is 30.0 Å². The van der Waals surface area contributed by atoms with E-state index in [2.05, 4.69) is 10.1 Å². The highest BCUT2D eigenvalue weighted by molar-refractivity contribution is 5.99. The summed E-state index contributed by atoms with van der Waals surface area (Å²) in [6, 6.07) is 11.2. The van der Waals surface area contributed by atoms with Gasteiger partial charge in [-0.2, -0.15) is 0 Å². The highest BCUT2D eigenvalue weighted by atomic mass is 16.5. The van der Waals surface area contributed by atoms with Crippen molar-refractivity contribution in [3.63, 3.8) is 0 Å². The van der Waals surface area contributed by atoms with Crippen molar-refractivity contribution in [3.8, 4) is 5.75 Å². The Morgan fingerprint density at radius 2 is 2.00 bits per heavy atom. The first kappa shape index (κ1) is 18.4. The summed E-state index contributed by atoms with van der Waals surface area (Å²) in [4.78, 5) is 34.8. The first-order valence-electron chi connectivity index (χ1n) is 9.69. The third-order valence-corrected chi connectivity index (χ3v) is 5.99. The van der Waals surface area contributed by atoms with Crippen LogP contribution in [0.15, 0.2) is 53.4 Å². The lowest BCUT2D eigenvalue weighted by Crippen LogP contribution is -2.58. The highest BCUT2D eigenvalue weighted by Crippen LogP contribution is 2.45. The summed E-state index contributed by atoms with van der Waals surface area (Å²) in [5.74, 6) is 0.314. The summed E-state index contributed by atoms with van der Waals surface area (Å²) >= 11 is 0. The number of rotatable bonds is 3. The highest BCUT2D eigenvalue weighted by Gasteiger charge is 2.56. The molecule has 4 heterocycles. The number of hydrogen-bond acceptors (Lipinski definition) is 6. The van der Waals surface area contributed by atoms with Gasteiger partial charge in [0.1, 0.15) is 28.9 Å². The minimum Gasteiger partial charge on any atom is -0.497 e. The zero-order valence-electron chi connectivity index (χ0n) is 16.7. The van der Waals surface area contributed by atoms with Crippen LogP contribution in [0.1, 0.15) is 37.7 Å². The van der Waals surface area contributed by atoms with Crippen LogP contribution in [0.3, 0.4) is 0 Å². The lowest BCUT2D eigenvalue weighted by atomic mass is 9.85. The van der Waals surface area contributed by atoms with Crippen LogP contribution in [0.2, 0.25) is 0 Å². The largest absolute Gasteiger partial charge is 0.497 e. The Bertz CT molecular complexity index is 1140. The van der Waals surface area contributed by atoms with Gasteiger partial charge in [0, 0.05) is 25.7 Å². The molecule has 2 amide bonds. The molecule has 1 saturated heterocycles. The number of carbonyl (C=O) groups excluding carboxylic acids is 2. The van der Waals surface area contributed by atoms with Crippen LogP contribution in [0, 0.1) is 6.92 Å². The minimum atomic E-state index is -0.958. The number of methoxy groups -OCH3 is 1. The normalized spacial score (nSPS) is 20.1. The molecule has 8 nitrogen and oxygen atoms in total. The summed E-state index contributed by atoms with van der Waals surface area (Å²) in [5.41, 5.74) is 2.06. The molecular formula is C22H20N4O4. The van der Waals surface area contributed by atoms with Crippen molar-refractivity contribution in [3.05, 3.63) is 76.9 Å². The van der Waals surface area contributed by atoms with E-state index in [9.17, 15) is 9.59 Å². The lowest BCUT2D eigenvalue weighted by Gasteiger charge is -2.47. The van der Waals surface area contributed by atoms with Gasteiger partial charge in [-0.15, -0.1) is 0 Å². The Balaban J connectivity index is 1.70. The molecular weight excluding hydrogens is 384 g/mol. The monoisotopic (exact) mass is 404 g/mol. The Hall–Kier alpha value is -3.68. The molecule has 30 heavy (non-hydrogen) atoms. The van der Waals surface area contributed by atoms with E-state index in [0.29, 0.717) is 42.2 Å². The number of nitrogens with zero attached hydrogens (tertiary/aromatic N) is 4. The second kappa shape index (κ2) is 6.69. The van der Waals surface area contributed by atoms with E-state index in [4.69, 9.17) is 9.26 Å². The average molecular weight is 404 g/mol. The molecule has 2 aliphatic rings. The molecule has 1 unspecified atom stereocenters. The molecule has 0 radical (unpaired) electrons. The van der Waals surface area contributed by atoms with Gasteiger partial charge in [-0.3, -0.25) is 14.6 Å². The average Bonchev–Trinajstić information content (AvgIpc) is 3.38. The third-order valence-electron chi connectivity index (χ3n) is 5.99. The molecule has 0 N–H and O–H groups in total. The number of aryl methyl sites for hydroxylation is 1. The van der Waals surface area contributed by atoms with Gasteiger partial charge in [-0.05, 0) is 36.2 Å². The van der Waals surface area contributed by atoms with Crippen molar-refractivity contribution in [2.75, 3.05) is 20.2 Å². The molecule has 5 rings (SSSR count). The van der Waals surface area contributed by atoms with Crippen molar-refractivity contribution in [2.24, 2.45) is 0 Å². The van der Waals surface area contributed by atoms with Crippen LogP contribution in [-0.2, 0) is 12.1 Å². The molecule has 2 aliphatic heterocycles. The predicted octanol–water partition coefficient (Wildman–Crippen LogP) is 2.39. The lowest BCUT2D eigenvalue weighted by molar-refractivity contribution is 0.00708. The van der Waals surface area contributed by atoms with Gasteiger partial charge in [-0.25, -0.2) is 0 Å². The molecule has 0 bridgehead atoms. The van der Waals surface area contributed by atoms with Gasteiger partial charge >= 0.3 is 0 Å². The van der Waals surface area contributed by atoms with Crippen LogP contribution < -0.4 is 4.74 Å². The second-order valence-electron chi connectivity index (χ2n) is 7.46. The van der Waals surface area contributed by atoms with Crippen LogP contribution in [0.25, 0.3) is 0 Å². The molecule has 3 aromatic rings. The number of aromatic nitrogens is 2. The summed E-state index contributed by atoms with van der Waals surface area (Å²) in [6.07, 6.45) is 3.43. The number of benzene rings is 1. The third kappa shape index (κ3) is 2.46. The van der Waals surface area contributed by atoms with E-state index < -0.39 is 5.66 Å². The maximum atomic E-state index is 13.6. The fraction of sp³-hybridized carbons (Fsp3) is 0.273. The van der Waals surface area contributed by atoms with Gasteiger partial charge in [0.15, 0.2) is 0 Å². The first-order valence-corrected chi connectivity index (χ1v) is 9.69. The second-order valence-corrected chi connectivity index (χ2v) is 7.46. The minimum absolute atomic E-state index is 0.176. The van der Waals surface area contributed by atoms with E-state index >= 15 is 0 Å². The molecule has 1 atom stereocenters. The Morgan fingerprint density at radius 3 is 2.70 bits per heavy atom. The number of carbonyl (C=O) groups is 2. The first-order chi connectivity index (χ1) is 14.6.